The molecule has 0 saturated carbocycles. The highest BCUT2D eigenvalue weighted by molar-refractivity contribution is 7.14. The zero-order valence-corrected chi connectivity index (χ0v) is 12.7. The van der Waals surface area contributed by atoms with Gasteiger partial charge in [0.1, 0.15) is 5.01 Å². The maximum atomic E-state index is 6.14. The van der Waals surface area contributed by atoms with Crippen molar-refractivity contribution in [1.82, 2.24) is 30.6 Å². The van der Waals surface area contributed by atoms with Gasteiger partial charge in [-0.15, -0.1) is 20.4 Å². The zero-order valence-electron chi connectivity index (χ0n) is 11.9. The van der Waals surface area contributed by atoms with Gasteiger partial charge in [0.05, 0.1) is 5.69 Å². The van der Waals surface area contributed by atoms with Crippen LogP contribution in [0.15, 0.2) is 10.2 Å². The second kappa shape index (κ2) is 5.84. The Morgan fingerprint density at radius 2 is 2.00 bits per heavy atom. The van der Waals surface area contributed by atoms with Crippen LogP contribution in [0.3, 0.4) is 0 Å². The molecule has 0 aromatic carbocycles. The van der Waals surface area contributed by atoms with Gasteiger partial charge in [-0.05, 0) is 33.4 Å². The van der Waals surface area contributed by atoms with Crippen molar-refractivity contribution >= 4 is 28.0 Å². The fraction of sp³-hybridized carbons (Fsp3) is 0.545. The summed E-state index contributed by atoms with van der Waals surface area (Å²) < 4.78 is 1.70. The molecule has 0 bridgehead atoms. The summed E-state index contributed by atoms with van der Waals surface area (Å²) in [6.45, 7) is 5.58. The number of hydrogen-bond donors (Lipinski definition) is 3. The van der Waals surface area contributed by atoms with Gasteiger partial charge in [0.25, 0.3) is 5.13 Å². The van der Waals surface area contributed by atoms with Crippen molar-refractivity contribution in [2.45, 2.75) is 26.6 Å². The minimum absolute atomic E-state index is 0.106. The first-order valence-corrected chi connectivity index (χ1v) is 7.50. The van der Waals surface area contributed by atoms with Crippen molar-refractivity contribution in [3.05, 3.63) is 10.7 Å². The number of nitrogens with two attached hydrogens (primary N) is 1. The summed E-state index contributed by atoms with van der Waals surface area (Å²) in [5.41, 5.74) is 7.43. The Morgan fingerprint density at radius 3 is 2.67 bits per heavy atom. The van der Waals surface area contributed by atoms with E-state index in [9.17, 15) is 0 Å². The first kappa shape index (κ1) is 14.0. The Bertz CT molecular complexity index is 653. The van der Waals surface area contributed by atoms with Gasteiger partial charge >= 0.3 is 0 Å². The number of hydrogen-bond acceptors (Lipinski definition) is 9. The highest BCUT2D eigenvalue weighted by atomic mass is 32.1. The fourth-order valence-corrected chi connectivity index (χ4v) is 2.62. The van der Waals surface area contributed by atoms with E-state index in [-0.39, 0.29) is 6.29 Å². The number of anilines is 1. The maximum Gasteiger partial charge on any atom is 0.251 e. The SMILES string of the molecule is Cc1nnc(N=Nc2c(C)nn(C3NCCCN3)c2N)s1. The number of nitrogens with one attached hydrogen (secondary N) is 2. The molecule has 0 atom stereocenters. The van der Waals surface area contributed by atoms with Crippen molar-refractivity contribution in [1.29, 1.82) is 0 Å². The van der Waals surface area contributed by atoms with Crippen LogP contribution in [0.1, 0.15) is 23.4 Å². The van der Waals surface area contributed by atoms with Crippen LogP contribution in [-0.4, -0.2) is 33.1 Å². The van der Waals surface area contributed by atoms with Crippen LogP contribution in [0.25, 0.3) is 0 Å². The van der Waals surface area contributed by atoms with E-state index in [0.29, 0.717) is 16.6 Å². The van der Waals surface area contributed by atoms with Gasteiger partial charge in [0.15, 0.2) is 17.8 Å². The predicted octanol–water partition coefficient (Wildman–Crippen LogP) is 1.39. The quantitative estimate of drug-likeness (QED) is 0.737. The minimum Gasteiger partial charge on any atom is -0.382 e. The Kier molecular flexibility index (Phi) is 3.90. The molecular formula is C11H17N9S. The average Bonchev–Trinajstić information content (AvgIpc) is 3.02. The van der Waals surface area contributed by atoms with E-state index in [1.165, 1.54) is 11.3 Å². The molecule has 0 spiro atoms. The Balaban J connectivity index is 1.85. The van der Waals surface area contributed by atoms with Gasteiger partial charge in [0.2, 0.25) is 0 Å². The van der Waals surface area contributed by atoms with Crippen LogP contribution in [0.5, 0.6) is 0 Å². The predicted molar refractivity (Wildman–Crippen MR) is 79.9 cm³/mol. The lowest BCUT2D eigenvalue weighted by Crippen LogP contribution is -2.45. The summed E-state index contributed by atoms with van der Waals surface area (Å²) in [7, 11) is 0. The molecule has 2 aromatic heterocycles. The molecule has 3 rings (SSSR count). The number of azo groups is 1. The summed E-state index contributed by atoms with van der Waals surface area (Å²) in [6, 6.07) is 0. The van der Waals surface area contributed by atoms with Crippen molar-refractivity contribution in [2.75, 3.05) is 18.8 Å². The third kappa shape index (κ3) is 2.91. The molecule has 1 aliphatic heterocycles. The molecular weight excluding hydrogens is 290 g/mol. The third-order valence-corrected chi connectivity index (χ3v) is 3.84. The van der Waals surface area contributed by atoms with Crippen molar-refractivity contribution < 1.29 is 0 Å². The summed E-state index contributed by atoms with van der Waals surface area (Å²) >= 11 is 1.38. The number of aryl methyl sites for hydroxylation is 2. The van der Waals surface area contributed by atoms with Crippen LogP contribution < -0.4 is 16.4 Å². The summed E-state index contributed by atoms with van der Waals surface area (Å²) in [5, 5.41) is 28.5. The maximum absolute atomic E-state index is 6.14. The molecule has 0 radical (unpaired) electrons. The molecule has 1 aliphatic rings. The molecule has 21 heavy (non-hydrogen) atoms. The van der Waals surface area contributed by atoms with Gasteiger partial charge in [-0.25, -0.2) is 4.68 Å². The fourth-order valence-electron chi connectivity index (χ4n) is 2.11. The topological polar surface area (TPSA) is 118 Å². The first-order chi connectivity index (χ1) is 10.1. The molecule has 1 fully saturated rings. The van der Waals surface area contributed by atoms with Crippen LogP contribution in [0, 0.1) is 13.8 Å². The van der Waals surface area contributed by atoms with E-state index < -0.39 is 0 Å². The normalized spacial score (nSPS) is 16.9. The van der Waals surface area contributed by atoms with Crippen LogP contribution in [-0.2, 0) is 0 Å². The van der Waals surface area contributed by atoms with Gasteiger partial charge in [-0.3, -0.25) is 10.6 Å². The summed E-state index contributed by atoms with van der Waals surface area (Å²) in [6.07, 6.45) is 0.977. The van der Waals surface area contributed by atoms with E-state index in [1.54, 1.807) is 4.68 Å². The van der Waals surface area contributed by atoms with Crippen LogP contribution in [0.2, 0.25) is 0 Å². The van der Waals surface area contributed by atoms with E-state index in [0.717, 1.165) is 30.2 Å². The number of aromatic nitrogens is 4. The van der Waals surface area contributed by atoms with Crippen LogP contribution >= 0.6 is 11.3 Å². The minimum atomic E-state index is -0.106. The second-order valence-electron chi connectivity index (χ2n) is 4.73. The second-order valence-corrected chi connectivity index (χ2v) is 5.89. The van der Waals surface area contributed by atoms with E-state index in [1.807, 2.05) is 13.8 Å². The summed E-state index contributed by atoms with van der Waals surface area (Å²) in [4.78, 5) is 0. The Labute approximate surface area is 125 Å². The Hall–Kier alpha value is -1.91. The smallest absolute Gasteiger partial charge is 0.251 e. The monoisotopic (exact) mass is 307 g/mol. The number of rotatable bonds is 3. The third-order valence-electron chi connectivity index (χ3n) is 3.11. The molecule has 9 nitrogen and oxygen atoms in total. The average molecular weight is 307 g/mol. The van der Waals surface area contributed by atoms with E-state index >= 15 is 0 Å². The molecule has 3 heterocycles. The highest BCUT2D eigenvalue weighted by Crippen LogP contribution is 2.30. The van der Waals surface area contributed by atoms with Crippen molar-refractivity contribution in [3.8, 4) is 0 Å². The van der Waals surface area contributed by atoms with Crippen molar-refractivity contribution in [2.24, 2.45) is 10.2 Å². The van der Waals surface area contributed by atoms with Crippen LogP contribution in [0.4, 0.5) is 16.6 Å². The lowest BCUT2D eigenvalue weighted by Gasteiger charge is -2.25. The van der Waals surface area contributed by atoms with E-state index in [4.69, 9.17) is 5.73 Å². The van der Waals surface area contributed by atoms with Gasteiger partial charge in [-0.1, -0.05) is 11.3 Å². The lowest BCUT2D eigenvalue weighted by molar-refractivity contribution is 0.270. The van der Waals surface area contributed by atoms with Crippen molar-refractivity contribution in [3.63, 3.8) is 0 Å². The molecule has 0 unspecified atom stereocenters. The van der Waals surface area contributed by atoms with Gasteiger partial charge in [0, 0.05) is 0 Å². The Morgan fingerprint density at radius 1 is 1.24 bits per heavy atom. The molecule has 10 heteroatoms. The number of nitrogen functional groups attached to an aromatic ring is 1. The highest BCUT2D eigenvalue weighted by Gasteiger charge is 2.20. The molecule has 2 aromatic rings. The van der Waals surface area contributed by atoms with E-state index in [2.05, 4.69) is 36.2 Å². The molecule has 4 N–H and O–H groups in total. The van der Waals surface area contributed by atoms with Gasteiger partial charge in [-0.2, -0.15) is 5.10 Å². The largest absolute Gasteiger partial charge is 0.382 e. The molecule has 0 amide bonds. The molecule has 0 aliphatic carbocycles. The van der Waals surface area contributed by atoms with Gasteiger partial charge < -0.3 is 5.73 Å². The lowest BCUT2D eigenvalue weighted by atomic mass is 10.3. The summed E-state index contributed by atoms with van der Waals surface area (Å²) in [5.74, 6) is 0.476. The number of nitrogens with zero attached hydrogens (tertiary/aromatic N) is 6. The zero-order chi connectivity index (χ0) is 14.8. The molecule has 112 valence electrons. The molecule has 1 saturated heterocycles. The first-order valence-electron chi connectivity index (χ1n) is 6.68. The standard InChI is InChI=1S/C11H17N9S/c1-6-8(16-18-11-17-15-7(2)21-11)9(12)20(19-6)10-13-4-3-5-14-10/h10,13-14H,3-5,12H2,1-2H3.